The number of ether oxygens (including phenoxy) is 3. The maximum Gasteiger partial charge on any atom is 0.362 e. The number of esters is 2. The van der Waals surface area contributed by atoms with Gasteiger partial charge in [-0.25, -0.2) is 4.79 Å². The van der Waals surface area contributed by atoms with Crippen LogP contribution in [0.3, 0.4) is 0 Å². The normalized spacial score (nSPS) is 13.7. The Morgan fingerprint density at radius 3 is 1.51 bits per heavy atom. The van der Waals surface area contributed by atoms with E-state index in [-0.39, 0.29) is 36.2 Å². The molecule has 0 aliphatic rings. The molecule has 8 nitrogen and oxygen atoms in total. The van der Waals surface area contributed by atoms with E-state index >= 15 is 0 Å². The van der Waals surface area contributed by atoms with Crippen LogP contribution >= 0.6 is 0 Å². The van der Waals surface area contributed by atoms with Crippen LogP contribution in [0.15, 0.2) is 85.1 Å². The fraction of sp³-hybridized carbons (Fsp3) is 0.679. The third-order valence-corrected chi connectivity index (χ3v) is 10.4. The lowest BCUT2D eigenvalue weighted by Gasteiger charge is -2.31. The second-order valence-electron chi connectivity index (χ2n) is 17.1. The number of likely N-dealkylation sites (N-methyl/N-ethyl adjacent to an activating group) is 1. The highest BCUT2D eigenvalue weighted by molar-refractivity contribution is 5.72. The fourth-order valence-electron chi connectivity index (χ4n) is 6.67. The van der Waals surface area contributed by atoms with Gasteiger partial charge in [0, 0.05) is 19.3 Å². The Morgan fingerprint density at radius 1 is 0.525 bits per heavy atom. The number of hydrogen-bond donors (Lipinski definition) is 1. The molecule has 1 N–H and O–H groups in total. The molecule has 0 spiro atoms. The van der Waals surface area contributed by atoms with Crippen LogP contribution in [0.25, 0.3) is 0 Å². The average Bonchev–Trinajstić information content (AvgIpc) is 3.22. The molecule has 2 unspecified atom stereocenters. The lowest BCUT2D eigenvalue weighted by atomic mass is 10.1. The van der Waals surface area contributed by atoms with Crippen molar-refractivity contribution >= 4 is 17.9 Å². The Morgan fingerprint density at radius 2 is 0.984 bits per heavy atom. The molecule has 8 heteroatoms. The number of carboxylic acid groups (broad SMARTS) is 1. The zero-order valence-corrected chi connectivity index (χ0v) is 39.6. The molecule has 0 bridgehead atoms. The number of carbonyl (C=O) groups excluding carboxylic acids is 2. The van der Waals surface area contributed by atoms with Crippen LogP contribution < -0.4 is 0 Å². The smallest absolute Gasteiger partial charge is 0.362 e. The van der Waals surface area contributed by atoms with Gasteiger partial charge in [-0.3, -0.25) is 9.59 Å². The topological polar surface area (TPSA) is 99.1 Å². The van der Waals surface area contributed by atoms with Gasteiger partial charge in [0.1, 0.15) is 6.61 Å². The molecule has 0 aromatic heterocycles. The molecule has 0 aromatic rings. The molecule has 348 valence electrons. The first kappa shape index (κ1) is 57.5. The lowest BCUT2D eigenvalue weighted by molar-refractivity contribution is -0.887. The highest BCUT2D eigenvalue weighted by atomic mass is 16.6. The maximum atomic E-state index is 12.8. The van der Waals surface area contributed by atoms with Crippen molar-refractivity contribution in [2.75, 3.05) is 41.0 Å². The van der Waals surface area contributed by atoms with Crippen molar-refractivity contribution < 1.29 is 38.2 Å². The van der Waals surface area contributed by atoms with E-state index in [9.17, 15) is 19.5 Å². The predicted octanol–water partition coefficient (Wildman–Crippen LogP) is 13.7. The van der Waals surface area contributed by atoms with E-state index in [4.69, 9.17) is 14.2 Å². The summed E-state index contributed by atoms with van der Waals surface area (Å²) < 4.78 is 17.3. The Labute approximate surface area is 373 Å². The van der Waals surface area contributed by atoms with E-state index in [2.05, 4.69) is 50.3 Å². The number of aliphatic carboxylic acids is 1. The van der Waals surface area contributed by atoms with Crippen LogP contribution in [0.2, 0.25) is 0 Å². The third-order valence-electron chi connectivity index (χ3n) is 10.4. The van der Waals surface area contributed by atoms with Gasteiger partial charge in [-0.05, 0) is 64.2 Å². The van der Waals surface area contributed by atoms with Crippen molar-refractivity contribution in [3.05, 3.63) is 85.1 Å². The monoisotopic (exact) mass is 853 g/mol. The number of allylic oxidation sites excluding steroid dienone is 14. The minimum Gasteiger partial charge on any atom is -0.477 e. The molecule has 0 fully saturated rings. The highest BCUT2D eigenvalue weighted by Gasteiger charge is 2.31. The van der Waals surface area contributed by atoms with Crippen LogP contribution in [-0.2, 0) is 28.6 Å². The van der Waals surface area contributed by atoms with Crippen LogP contribution in [0.4, 0.5) is 0 Å². The summed E-state index contributed by atoms with van der Waals surface area (Å²) in [5.41, 5.74) is 0. The third kappa shape index (κ3) is 41.6. The van der Waals surface area contributed by atoms with E-state index in [1.54, 1.807) is 0 Å². The summed E-state index contributed by atoms with van der Waals surface area (Å²) >= 11 is 0. The maximum absolute atomic E-state index is 12.8. The van der Waals surface area contributed by atoms with Gasteiger partial charge in [-0.2, -0.15) is 0 Å². The molecule has 0 heterocycles. The summed E-state index contributed by atoms with van der Waals surface area (Å²) in [6.07, 6.45) is 56.3. The first-order valence-corrected chi connectivity index (χ1v) is 24.2. The minimum absolute atomic E-state index is 0.0390. The summed E-state index contributed by atoms with van der Waals surface area (Å²) in [7, 11) is 5.51. The standard InChI is InChI=1S/C53H89NO7/c1-6-8-10-12-14-16-18-20-22-23-24-25-26-27-28-30-32-34-36-38-40-42-44-52(56)61-49(47-59-46-45-50(53(57)58)54(3,4)5)48-60-51(55)43-41-39-37-35-33-31-29-21-19-17-15-13-11-9-7-2/h9,11,13,15,17,19,21,23-24,26-27,29,31,33,49-50H,6-8,10,12,14,16,18,20,22,25,28,30,32,34-48H2,1-5H3/p+1/b11-9+,15-13+,19-17+,24-23+,27-26+,29-21+,33-31+. The van der Waals surface area contributed by atoms with Crippen LogP contribution in [0.5, 0.6) is 0 Å². The van der Waals surface area contributed by atoms with Gasteiger partial charge < -0.3 is 23.8 Å². The largest absolute Gasteiger partial charge is 0.477 e. The Bertz CT molecular complexity index is 1270. The first-order chi connectivity index (χ1) is 29.6. The zero-order chi connectivity index (χ0) is 44.9. The summed E-state index contributed by atoms with van der Waals surface area (Å²) in [4.78, 5) is 37.1. The van der Waals surface area contributed by atoms with E-state index < -0.39 is 18.1 Å². The minimum atomic E-state index is -0.886. The molecular weight excluding hydrogens is 763 g/mol. The van der Waals surface area contributed by atoms with Crippen molar-refractivity contribution in [2.45, 2.75) is 193 Å². The molecule has 0 amide bonds. The highest BCUT2D eigenvalue weighted by Crippen LogP contribution is 2.14. The molecule has 2 atom stereocenters. The van der Waals surface area contributed by atoms with Gasteiger partial charge in [0.05, 0.1) is 34.4 Å². The molecular formula is C53H90NO7+. The summed E-state index contributed by atoms with van der Waals surface area (Å²) in [5, 5.41) is 9.64. The van der Waals surface area contributed by atoms with E-state index in [0.717, 1.165) is 64.2 Å². The van der Waals surface area contributed by atoms with Crippen LogP contribution in [-0.4, -0.2) is 80.6 Å². The number of hydrogen-bond acceptors (Lipinski definition) is 6. The SMILES string of the molecule is CC/C=C/C=C/C=C/C=C/C=C/CCCCCC(=O)OCC(COCCC(C(=O)O)[N+](C)(C)C)OC(=O)CCCCCCCCC/C=C/C/C=C/CCCCCCCCCC. The average molecular weight is 853 g/mol. The Balaban J connectivity index is 4.36. The zero-order valence-electron chi connectivity index (χ0n) is 39.6. The second-order valence-corrected chi connectivity index (χ2v) is 17.1. The summed E-state index contributed by atoms with van der Waals surface area (Å²) in [6, 6.07) is -0.628. The van der Waals surface area contributed by atoms with Gasteiger partial charge in [0.25, 0.3) is 0 Å². The number of nitrogens with zero attached hydrogens (tertiary/aromatic N) is 1. The fourth-order valence-corrected chi connectivity index (χ4v) is 6.67. The molecule has 0 saturated heterocycles. The number of carbonyl (C=O) groups is 3. The first-order valence-electron chi connectivity index (χ1n) is 24.2. The molecule has 0 radical (unpaired) electrons. The van der Waals surface area contributed by atoms with Crippen molar-refractivity contribution in [3.63, 3.8) is 0 Å². The van der Waals surface area contributed by atoms with Crippen molar-refractivity contribution in [1.29, 1.82) is 0 Å². The molecule has 0 rings (SSSR count). The number of rotatable bonds is 42. The van der Waals surface area contributed by atoms with Gasteiger partial charge in [-0.15, -0.1) is 0 Å². The van der Waals surface area contributed by atoms with Gasteiger partial charge in [0.2, 0.25) is 0 Å². The van der Waals surface area contributed by atoms with E-state index in [1.165, 1.54) is 83.5 Å². The van der Waals surface area contributed by atoms with E-state index in [1.807, 2.05) is 69.8 Å². The molecule has 0 aromatic carbocycles. The summed E-state index contributed by atoms with van der Waals surface area (Å²) in [5.74, 6) is -1.54. The van der Waals surface area contributed by atoms with Crippen LogP contribution in [0.1, 0.15) is 181 Å². The predicted molar refractivity (Wildman–Crippen MR) is 256 cm³/mol. The van der Waals surface area contributed by atoms with Gasteiger partial charge >= 0.3 is 17.9 Å². The lowest BCUT2D eigenvalue weighted by Crippen LogP contribution is -2.50. The Kier molecular flexibility index (Phi) is 40.7. The molecule has 0 aliphatic heterocycles. The summed E-state index contributed by atoms with van der Waals surface area (Å²) in [6.45, 7) is 4.53. The van der Waals surface area contributed by atoms with Crippen LogP contribution in [0, 0.1) is 0 Å². The van der Waals surface area contributed by atoms with Crippen molar-refractivity contribution in [2.24, 2.45) is 0 Å². The Hall–Kier alpha value is -3.49. The molecule has 0 aliphatic carbocycles. The van der Waals surface area contributed by atoms with Gasteiger partial charge in [-0.1, -0.05) is 182 Å². The number of carboxylic acids is 1. The van der Waals surface area contributed by atoms with Crippen molar-refractivity contribution in [3.8, 4) is 0 Å². The quantitative estimate of drug-likeness (QED) is 0.0215. The van der Waals surface area contributed by atoms with Gasteiger partial charge in [0.15, 0.2) is 12.1 Å². The number of unbranched alkanes of at least 4 members (excludes halogenated alkanes) is 18. The molecule has 0 saturated carbocycles. The van der Waals surface area contributed by atoms with E-state index in [0.29, 0.717) is 19.3 Å². The molecule has 61 heavy (non-hydrogen) atoms. The van der Waals surface area contributed by atoms with Crippen molar-refractivity contribution in [1.82, 2.24) is 0 Å². The number of quaternary nitrogens is 1. The second kappa shape index (κ2) is 43.2.